The topological polar surface area (TPSA) is 150 Å². The molecule has 232 valence electrons. The zero-order valence-corrected chi connectivity index (χ0v) is 23.8. The van der Waals surface area contributed by atoms with Gasteiger partial charge < -0.3 is 30.2 Å². The lowest BCUT2D eigenvalue weighted by atomic mass is 9.93. The number of nitrogens with two attached hydrogens (primary N) is 1. The maximum absolute atomic E-state index is 14.6. The van der Waals surface area contributed by atoms with Gasteiger partial charge in [-0.2, -0.15) is 13.2 Å². The molecule has 4 rings (SSSR count). The Hall–Kier alpha value is -4.98. The number of aliphatic hydroxyl groups is 1. The highest BCUT2D eigenvalue weighted by molar-refractivity contribution is 5.95. The molecule has 0 radical (unpaired) electrons. The Morgan fingerprint density at radius 1 is 1.09 bits per heavy atom. The van der Waals surface area contributed by atoms with Crippen LogP contribution < -0.4 is 20.5 Å². The van der Waals surface area contributed by atoms with E-state index in [4.69, 9.17) is 19.7 Å². The number of primary amides is 1. The number of hydrogen-bond acceptors (Lipinski definition) is 8. The van der Waals surface area contributed by atoms with Crippen LogP contribution in [0.15, 0.2) is 59.3 Å². The summed E-state index contributed by atoms with van der Waals surface area (Å²) in [7, 11) is 1.35. The number of pyridine rings is 1. The number of carbonyl (C=O) groups is 2. The van der Waals surface area contributed by atoms with Gasteiger partial charge in [0, 0.05) is 27.8 Å². The van der Waals surface area contributed by atoms with Crippen molar-refractivity contribution < 1.29 is 46.3 Å². The summed E-state index contributed by atoms with van der Waals surface area (Å²) in [4.78, 5) is 29.0. The summed E-state index contributed by atoms with van der Waals surface area (Å²) in [6, 6.07) is 9.68. The fraction of sp³-hybridized carbons (Fsp3) is 0.267. The second-order valence-corrected chi connectivity index (χ2v) is 9.68. The summed E-state index contributed by atoms with van der Waals surface area (Å²) < 4.78 is 73.5. The molecular formula is C30H28F4N4O6. The SMILES string of the molecule is CCOc1c(CC(N)=O)cc([C@@](O)(CNC(=O)c2ccc(-c3cnoc3C)c(OC)c2)C(F)(F)F)nc1-c1ccc(F)cc1. The van der Waals surface area contributed by atoms with Gasteiger partial charge in [0.25, 0.3) is 5.91 Å². The number of amides is 2. The molecule has 0 aliphatic carbocycles. The number of benzene rings is 2. The van der Waals surface area contributed by atoms with Crippen molar-refractivity contribution in [2.75, 3.05) is 20.3 Å². The van der Waals surface area contributed by atoms with Crippen LogP contribution in [-0.4, -0.2) is 53.5 Å². The van der Waals surface area contributed by atoms with Crippen molar-refractivity contribution in [3.8, 4) is 33.9 Å². The van der Waals surface area contributed by atoms with Crippen molar-refractivity contribution in [3.05, 3.63) is 83.1 Å². The lowest BCUT2D eigenvalue weighted by Gasteiger charge is -2.31. The minimum absolute atomic E-state index is 0.0412. The Morgan fingerprint density at radius 2 is 1.80 bits per heavy atom. The summed E-state index contributed by atoms with van der Waals surface area (Å²) >= 11 is 0. The second kappa shape index (κ2) is 12.7. The Balaban J connectivity index is 1.75. The first kappa shape index (κ1) is 31.9. The molecule has 44 heavy (non-hydrogen) atoms. The van der Waals surface area contributed by atoms with E-state index >= 15 is 0 Å². The van der Waals surface area contributed by atoms with E-state index in [1.807, 2.05) is 0 Å². The zero-order valence-electron chi connectivity index (χ0n) is 23.8. The van der Waals surface area contributed by atoms with Gasteiger partial charge in [-0.05, 0) is 62.4 Å². The number of nitrogens with zero attached hydrogens (tertiary/aromatic N) is 2. The van der Waals surface area contributed by atoms with Crippen LogP contribution in [0.1, 0.15) is 34.3 Å². The highest BCUT2D eigenvalue weighted by Crippen LogP contribution is 2.42. The number of carbonyl (C=O) groups excluding carboxylic acids is 2. The van der Waals surface area contributed by atoms with Gasteiger partial charge in [0.1, 0.15) is 28.8 Å². The van der Waals surface area contributed by atoms with E-state index in [0.717, 1.165) is 18.2 Å². The molecule has 1 atom stereocenters. The summed E-state index contributed by atoms with van der Waals surface area (Å²) in [6.07, 6.45) is -4.47. The number of rotatable bonds is 11. The van der Waals surface area contributed by atoms with E-state index in [2.05, 4.69) is 15.5 Å². The number of nitrogens with one attached hydrogen (secondary N) is 1. The second-order valence-electron chi connectivity index (χ2n) is 9.68. The number of methoxy groups -OCH3 is 1. The Kier molecular flexibility index (Phi) is 9.23. The molecule has 2 amide bonds. The van der Waals surface area contributed by atoms with E-state index in [1.165, 1.54) is 43.6 Å². The van der Waals surface area contributed by atoms with Gasteiger partial charge in [0.05, 0.1) is 38.6 Å². The van der Waals surface area contributed by atoms with Crippen LogP contribution in [0.25, 0.3) is 22.4 Å². The van der Waals surface area contributed by atoms with Crippen LogP contribution in [0.3, 0.4) is 0 Å². The molecule has 4 aromatic rings. The van der Waals surface area contributed by atoms with Crippen molar-refractivity contribution in [2.24, 2.45) is 5.73 Å². The van der Waals surface area contributed by atoms with Gasteiger partial charge >= 0.3 is 6.18 Å². The molecule has 2 aromatic carbocycles. The molecule has 0 aliphatic rings. The van der Waals surface area contributed by atoms with Gasteiger partial charge in [-0.1, -0.05) is 5.16 Å². The van der Waals surface area contributed by atoms with Crippen LogP contribution in [0.5, 0.6) is 11.5 Å². The van der Waals surface area contributed by atoms with Gasteiger partial charge in [0.15, 0.2) is 0 Å². The average Bonchev–Trinajstić information content (AvgIpc) is 3.41. The van der Waals surface area contributed by atoms with E-state index in [1.54, 1.807) is 13.8 Å². The molecule has 0 unspecified atom stereocenters. The predicted octanol–water partition coefficient (Wildman–Crippen LogP) is 4.47. The molecular weight excluding hydrogens is 588 g/mol. The predicted molar refractivity (Wildman–Crippen MR) is 149 cm³/mol. The number of aromatic nitrogens is 2. The monoisotopic (exact) mass is 616 g/mol. The van der Waals surface area contributed by atoms with E-state index in [0.29, 0.717) is 16.9 Å². The Bertz CT molecular complexity index is 1670. The molecule has 14 heteroatoms. The third-order valence-electron chi connectivity index (χ3n) is 6.72. The molecule has 0 fully saturated rings. The van der Waals surface area contributed by atoms with Crippen LogP contribution in [0.2, 0.25) is 0 Å². The number of hydrogen-bond donors (Lipinski definition) is 3. The Labute approximate surface area is 248 Å². The number of halogens is 4. The van der Waals surface area contributed by atoms with Gasteiger partial charge in [-0.3, -0.25) is 9.59 Å². The molecule has 0 aliphatic heterocycles. The quantitative estimate of drug-likeness (QED) is 0.209. The van der Waals surface area contributed by atoms with Crippen LogP contribution in [-0.2, 0) is 16.8 Å². The molecule has 0 saturated carbocycles. The van der Waals surface area contributed by atoms with Crippen LogP contribution >= 0.6 is 0 Å². The molecule has 0 saturated heterocycles. The summed E-state index contributed by atoms with van der Waals surface area (Å²) in [5.74, 6) is -1.82. The largest absolute Gasteiger partial charge is 0.496 e. The molecule has 0 spiro atoms. The minimum atomic E-state index is -5.36. The number of alkyl halides is 3. The third kappa shape index (κ3) is 6.49. The maximum Gasteiger partial charge on any atom is 0.424 e. The highest BCUT2D eigenvalue weighted by atomic mass is 19.4. The first-order valence-electron chi connectivity index (χ1n) is 13.2. The Morgan fingerprint density at radius 3 is 2.36 bits per heavy atom. The fourth-order valence-corrected chi connectivity index (χ4v) is 4.48. The lowest BCUT2D eigenvalue weighted by molar-refractivity contribution is -0.265. The molecule has 10 nitrogen and oxygen atoms in total. The van der Waals surface area contributed by atoms with Crippen LogP contribution in [0.4, 0.5) is 17.6 Å². The molecule has 4 N–H and O–H groups in total. The fourth-order valence-electron chi connectivity index (χ4n) is 4.48. The summed E-state index contributed by atoms with van der Waals surface area (Å²) in [5.41, 5.74) is 1.58. The van der Waals surface area contributed by atoms with Crippen molar-refractivity contribution in [1.82, 2.24) is 15.5 Å². The highest BCUT2D eigenvalue weighted by Gasteiger charge is 2.56. The normalized spacial score (nSPS) is 12.8. The summed E-state index contributed by atoms with van der Waals surface area (Å²) in [5, 5.41) is 17.0. The van der Waals surface area contributed by atoms with E-state index < -0.39 is 48.1 Å². The van der Waals surface area contributed by atoms with Crippen LogP contribution in [0, 0.1) is 12.7 Å². The molecule has 2 aromatic heterocycles. The smallest absolute Gasteiger partial charge is 0.424 e. The van der Waals surface area contributed by atoms with Gasteiger partial charge in [-0.25, -0.2) is 9.37 Å². The van der Waals surface area contributed by atoms with E-state index in [-0.39, 0.29) is 40.5 Å². The van der Waals surface area contributed by atoms with Gasteiger partial charge in [-0.15, -0.1) is 0 Å². The molecule has 2 heterocycles. The van der Waals surface area contributed by atoms with Crippen molar-refractivity contribution in [1.29, 1.82) is 0 Å². The third-order valence-corrected chi connectivity index (χ3v) is 6.72. The lowest BCUT2D eigenvalue weighted by Crippen LogP contribution is -2.51. The molecule has 0 bridgehead atoms. The number of aryl methyl sites for hydroxylation is 1. The standard InChI is InChI=1S/C30H28F4N4O6/c1-4-43-27-19(13-25(35)39)12-24(38-26(27)17-5-8-20(31)9-6-17)29(41,30(32,33)34)15-36-28(40)18-7-10-21(23(11-18)42-3)22-14-37-44-16(22)2/h5-12,14,41H,4,13,15H2,1-3H3,(H2,35,39)(H,36,40)/t29-/m0/s1. The zero-order chi connectivity index (χ0) is 32.2. The first-order chi connectivity index (χ1) is 20.8. The maximum atomic E-state index is 14.6. The van der Waals surface area contributed by atoms with Crippen molar-refractivity contribution in [3.63, 3.8) is 0 Å². The summed E-state index contributed by atoms with van der Waals surface area (Å²) in [6.45, 7) is 1.96. The van der Waals surface area contributed by atoms with Crippen molar-refractivity contribution in [2.45, 2.75) is 32.0 Å². The first-order valence-corrected chi connectivity index (χ1v) is 13.2. The van der Waals surface area contributed by atoms with E-state index in [9.17, 15) is 32.3 Å². The van der Waals surface area contributed by atoms with Crippen molar-refractivity contribution >= 4 is 11.8 Å². The minimum Gasteiger partial charge on any atom is -0.496 e. The number of ether oxygens (including phenoxy) is 2. The average molecular weight is 617 g/mol. The van der Waals surface area contributed by atoms with Gasteiger partial charge in [0.2, 0.25) is 11.5 Å².